The van der Waals surface area contributed by atoms with Crippen molar-refractivity contribution in [1.29, 1.82) is 0 Å². The summed E-state index contributed by atoms with van der Waals surface area (Å²) in [7, 11) is 0. The van der Waals surface area contributed by atoms with Crippen LogP contribution in [0, 0.1) is 0 Å². The highest BCUT2D eigenvalue weighted by Crippen LogP contribution is 2.39. The Morgan fingerprint density at radius 3 is 2.14 bits per heavy atom. The number of benzene rings is 3. The van der Waals surface area contributed by atoms with Crippen LogP contribution in [0.15, 0.2) is 78.9 Å². The molecule has 0 radical (unpaired) electrons. The molecule has 1 saturated carbocycles. The smallest absolute Gasteiger partial charge is 0.129 e. The summed E-state index contributed by atoms with van der Waals surface area (Å²) < 4.78 is 0. The van der Waals surface area contributed by atoms with Crippen LogP contribution in [0.1, 0.15) is 24.8 Å². The maximum absolute atomic E-state index is 6.14. The second kappa shape index (κ2) is 6.73. The van der Waals surface area contributed by atoms with Gasteiger partial charge >= 0.3 is 0 Å². The van der Waals surface area contributed by atoms with Crippen molar-refractivity contribution < 1.29 is 5.73 Å². The van der Waals surface area contributed by atoms with Gasteiger partial charge in [-0.3, -0.25) is 0 Å². The molecule has 2 nitrogen and oxygen atoms in total. The number of hydrogen-bond donors (Lipinski definition) is 1. The van der Waals surface area contributed by atoms with Crippen molar-refractivity contribution in [3.05, 3.63) is 89.6 Å². The monoisotopic (exact) mass is 385 g/mol. The molecule has 0 bridgehead atoms. The van der Waals surface area contributed by atoms with Gasteiger partial charge in [-0.15, -0.1) is 0 Å². The maximum Gasteiger partial charge on any atom is 0.129 e. The normalized spacial score (nSPS) is 15.4. The zero-order valence-corrected chi connectivity index (χ0v) is 16.4. The van der Waals surface area contributed by atoms with Crippen molar-refractivity contribution in [2.45, 2.75) is 24.8 Å². The number of nitrogens with zero attached hydrogens (tertiary/aromatic N) is 1. The highest BCUT2D eigenvalue weighted by atomic mass is 35.5. The predicted octanol–water partition coefficient (Wildman–Crippen LogP) is 5.84. The molecule has 138 valence electrons. The molecule has 1 fully saturated rings. The first-order valence-electron chi connectivity index (χ1n) is 9.74. The molecular weight excluding hydrogens is 364 g/mol. The largest absolute Gasteiger partial charge is 0.349 e. The molecule has 1 aliphatic carbocycles. The highest BCUT2D eigenvalue weighted by molar-refractivity contribution is 6.29. The topological polar surface area (TPSA) is 40.5 Å². The van der Waals surface area contributed by atoms with E-state index in [1.807, 2.05) is 18.2 Å². The summed E-state index contributed by atoms with van der Waals surface area (Å²) in [5.74, 6) is 0. The Morgan fingerprint density at radius 1 is 0.786 bits per heavy atom. The average molecular weight is 386 g/mol. The zero-order valence-electron chi connectivity index (χ0n) is 15.7. The van der Waals surface area contributed by atoms with Crippen molar-refractivity contribution >= 4 is 22.5 Å². The van der Waals surface area contributed by atoms with Crippen LogP contribution in [0.2, 0.25) is 5.15 Å². The minimum absolute atomic E-state index is 0.116. The first-order chi connectivity index (χ1) is 13.6. The van der Waals surface area contributed by atoms with E-state index in [1.165, 1.54) is 47.1 Å². The van der Waals surface area contributed by atoms with Gasteiger partial charge in [-0.25, -0.2) is 4.98 Å². The van der Waals surface area contributed by atoms with Crippen LogP contribution in [0.5, 0.6) is 0 Å². The first kappa shape index (κ1) is 17.4. The van der Waals surface area contributed by atoms with Gasteiger partial charge in [-0.05, 0) is 52.9 Å². The lowest BCUT2D eigenvalue weighted by Gasteiger charge is -2.34. The number of halogens is 1. The van der Waals surface area contributed by atoms with Gasteiger partial charge in [-0.2, -0.15) is 0 Å². The Bertz CT molecular complexity index is 1150. The Balaban J connectivity index is 1.68. The van der Waals surface area contributed by atoms with Crippen molar-refractivity contribution in [3.63, 3.8) is 0 Å². The Morgan fingerprint density at radius 2 is 1.46 bits per heavy atom. The van der Waals surface area contributed by atoms with E-state index in [4.69, 9.17) is 11.6 Å². The number of hydrogen-bond acceptors (Lipinski definition) is 1. The molecule has 3 aromatic carbocycles. The molecule has 3 heteroatoms. The van der Waals surface area contributed by atoms with Crippen molar-refractivity contribution in [1.82, 2.24) is 4.98 Å². The Hall–Kier alpha value is -2.68. The van der Waals surface area contributed by atoms with Gasteiger partial charge in [0.1, 0.15) is 10.7 Å². The molecular formula is C25H22ClN2+. The molecule has 5 rings (SSSR count). The minimum Gasteiger partial charge on any atom is -0.349 e. The van der Waals surface area contributed by atoms with Gasteiger partial charge in [0.25, 0.3) is 0 Å². The van der Waals surface area contributed by atoms with E-state index < -0.39 is 0 Å². The molecule has 0 amide bonds. The van der Waals surface area contributed by atoms with E-state index in [1.54, 1.807) is 0 Å². The molecule has 0 atom stereocenters. The van der Waals surface area contributed by atoms with Crippen molar-refractivity contribution in [2.75, 3.05) is 0 Å². The molecule has 4 aromatic rings. The lowest BCUT2D eigenvalue weighted by Crippen LogP contribution is -2.73. The van der Waals surface area contributed by atoms with E-state index in [9.17, 15) is 0 Å². The fraction of sp³-hybridized carbons (Fsp3) is 0.160. The Labute approximate surface area is 170 Å². The van der Waals surface area contributed by atoms with Crippen molar-refractivity contribution in [2.24, 2.45) is 0 Å². The van der Waals surface area contributed by atoms with Crippen LogP contribution in [-0.4, -0.2) is 4.98 Å². The third-order valence-electron chi connectivity index (χ3n) is 6.00. The summed E-state index contributed by atoms with van der Waals surface area (Å²) >= 11 is 6.14. The van der Waals surface area contributed by atoms with E-state index >= 15 is 0 Å². The second-order valence-electron chi connectivity index (χ2n) is 7.80. The number of fused-ring (bicyclic) bond motifs is 1. The molecule has 0 saturated heterocycles. The SMILES string of the molecule is [NH3+]C1(c2ccc(-c3cc4ccc(Cl)nc4cc3-c3ccccc3)cc2)CCC1. The lowest BCUT2D eigenvalue weighted by atomic mass is 9.72. The number of pyridine rings is 1. The fourth-order valence-corrected chi connectivity index (χ4v) is 4.29. The van der Waals surface area contributed by atoms with Crippen molar-refractivity contribution in [3.8, 4) is 22.3 Å². The summed E-state index contributed by atoms with van der Waals surface area (Å²) in [6.07, 6.45) is 3.65. The number of aromatic nitrogens is 1. The summed E-state index contributed by atoms with van der Waals surface area (Å²) in [6, 6.07) is 27.7. The van der Waals surface area contributed by atoms with E-state index in [2.05, 4.69) is 71.4 Å². The van der Waals surface area contributed by atoms with E-state index in [0.717, 1.165) is 10.9 Å². The van der Waals surface area contributed by atoms with Crippen LogP contribution < -0.4 is 5.73 Å². The van der Waals surface area contributed by atoms with Crippen LogP contribution in [0.3, 0.4) is 0 Å². The molecule has 3 N–H and O–H groups in total. The van der Waals surface area contributed by atoms with Crippen LogP contribution >= 0.6 is 11.6 Å². The highest BCUT2D eigenvalue weighted by Gasteiger charge is 2.38. The summed E-state index contributed by atoms with van der Waals surface area (Å²) in [5.41, 5.74) is 11.6. The fourth-order valence-electron chi connectivity index (χ4n) is 4.14. The third-order valence-corrected chi connectivity index (χ3v) is 6.21. The second-order valence-corrected chi connectivity index (χ2v) is 8.19. The summed E-state index contributed by atoms with van der Waals surface area (Å²) in [5, 5.41) is 1.61. The Kier molecular flexibility index (Phi) is 4.19. The van der Waals surface area contributed by atoms with Crippen LogP contribution in [0.25, 0.3) is 33.2 Å². The maximum atomic E-state index is 6.14. The summed E-state index contributed by atoms with van der Waals surface area (Å²) in [6.45, 7) is 0. The van der Waals surface area contributed by atoms with Gasteiger partial charge in [0.2, 0.25) is 0 Å². The van der Waals surface area contributed by atoms with Gasteiger partial charge in [-0.1, -0.05) is 66.2 Å². The minimum atomic E-state index is 0.116. The quantitative estimate of drug-likeness (QED) is 0.442. The van der Waals surface area contributed by atoms with E-state index in [-0.39, 0.29) is 5.54 Å². The molecule has 1 heterocycles. The molecule has 28 heavy (non-hydrogen) atoms. The molecule has 1 aromatic heterocycles. The molecule has 1 aliphatic rings. The third kappa shape index (κ3) is 2.99. The number of quaternary nitrogens is 1. The first-order valence-corrected chi connectivity index (χ1v) is 10.1. The van der Waals surface area contributed by atoms with E-state index in [0.29, 0.717) is 5.15 Å². The predicted molar refractivity (Wildman–Crippen MR) is 116 cm³/mol. The average Bonchev–Trinajstić information content (AvgIpc) is 2.72. The van der Waals surface area contributed by atoms with Gasteiger partial charge < -0.3 is 5.73 Å². The zero-order chi connectivity index (χ0) is 19.1. The lowest BCUT2D eigenvalue weighted by molar-refractivity contribution is -0.509. The molecule has 0 aliphatic heterocycles. The molecule has 0 unspecified atom stereocenters. The van der Waals surface area contributed by atoms with Gasteiger partial charge in [0.15, 0.2) is 0 Å². The summed E-state index contributed by atoms with van der Waals surface area (Å²) in [4.78, 5) is 4.52. The van der Waals surface area contributed by atoms with Crippen LogP contribution in [-0.2, 0) is 5.54 Å². The number of rotatable bonds is 3. The van der Waals surface area contributed by atoms with Gasteiger partial charge in [0.05, 0.1) is 5.52 Å². The van der Waals surface area contributed by atoms with Crippen LogP contribution in [0.4, 0.5) is 0 Å². The van der Waals surface area contributed by atoms with Gasteiger partial charge in [0, 0.05) is 23.8 Å². The standard InChI is InChI=1S/C25H21ClN2/c26-24-12-9-19-15-21(18-7-10-20(11-8-18)25(27)13-4-14-25)22(16-23(19)28-24)17-5-2-1-3-6-17/h1-3,5-12,15-16H,4,13-14,27H2/p+1. The molecule has 0 spiro atoms.